The number of halogens is 1. The number of nitriles is 1. The number of pyridine rings is 1. The normalized spacial score (nSPS) is 12.7. The average Bonchev–Trinajstić information content (AvgIpc) is 2.77. The summed E-state index contributed by atoms with van der Waals surface area (Å²) in [7, 11) is 1.63. The molecule has 1 aliphatic carbocycles. The summed E-state index contributed by atoms with van der Waals surface area (Å²) in [5, 5.41) is 10.3. The average molecular weight is 420 g/mol. The number of ether oxygens (including phenoxy) is 2. The van der Waals surface area contributed by atoms with Crippen LogP contribution >= 0.6 is 11.6 Å². The number of nitrogens with zero attached hydrogens (tertiary/aromatic N) is 2. The van der Waals surface area contributed by atoms with Crippen LogP contribution in [0.5, 0.6) is 11.5 Å². The first-order valence-electron chi connectivity index (χ1n) is 9.88. The summed E-state index contributed by atoms with van der Waals surface area (Å²) in [5.74, 6) is 1.60. The Bertz CT molecular complexity index is 1140. The van der Waals surface area contributed by atoms with Gasteiger partial charge in [0.1, 0.15) is 35.6 Å². The van der Waals surface area contributed by atoms with Gasteiger partial charge in [-0.25, -0.2) is 4.98 Å². The molecule has 1 heterocycles. The largest absolute Gasteiger partial charge is 0.496 e. The summed E-state index contributed by atoms with van der Waals surface area (Å²) in [6.07, 6.45) is 3.94. The van der Waals surface area contributed by atoms with E-state index in [9.17, 15) is 5.26 Å². The summed E-state index contributed by atoms with van der Waals surface area (Å²) in [6.45, 7) is 0.283. The zero-order chi connectivity index (χ0) is 21.1. The van der Waals surface area contributed by atoms with Crippen molar-refractivity contribution in [2.75, 3.05) is 12.8 Å². The Hall–Kier alpha value is -3.23. The highest BCUT2D eigenvalue weighted by Crippen LogP contribution is 2.38. The van der Waals surface area contributed by atoms with E-state index in [0.717, 1.165) is 53.6 Å². The van der Waals surface area contributed by atoms with Crippen LogP contribution < -0.4 is 15.2 Å². The monoisotopic (exact) mass is 419 g/mol. The zero-order valence-electron chi connectivity index (χ0n) is 16.7. The van der Waals surface area contributed by atoms with Crippen LogP contribution in [0.15, 0.2) is 42.5 Å². The second kappa shape index (κ2) is 8.64. The molecule has 0 amide bonds. The Balaban J connectivity index is 1.78. The first-order chi connectivity index (χ1) is 14.6. The molecule has 30 heavy (non-hydrogen) atoms. The smallest absolute Gasteiger partial charge is 0.142 e. The molecule has 6 heteroatoms. The van der Waals surface area contributed by atoms with E-state index in [1.54, 1.807) is 13.2 Å². The van der Waals surface area contributed by atoms with Crippen molar-refractivity contribution < 1.29 is 9.47 Å². The van der Waals surface area contributed by atoms with Crippen LogP contribution in [0.2, 0.25) is 5.02 Å². The molecule has 5 nitrogen and oxygen atoms in total. The minimum atomic E-state index is 0.283. The maximum absolute atomic E-state index is 9.78. The standard InChI is InChI=1S/C24H22ClN3O2/c1-29-21-11-10-15(12-16(21)14-30-22-9-5-3-7-19(22)25)23-17-6-2-4-8-20(17)28-24(27)18(23)13-26/h3,5,7,9-12H,2,4,6,8,14H2,1H3,(H2,27,28). The number of nitrogens with two attached hydrogens (primary N) is 1. The van der Waals surface area contributed by atoms with E-state index in [-0.39, 0.29) is 12.4 Å². The lowest BCUT2D eigenvalue weighted by molar-refractivity contribution is 0.297. The lowest BCUT2D eigenvalue weighted by Gasteiger charge is -2.21. The van der Waals surface area contributed by atoms with Gasteiger partial charge >= 0.3 is 0 Å². The van der Waals surface area contributed by atoms with Crippen LogP contribution in [0.1, 0.15) is 35.2 Å². The highest BCUT2D eigenvalue weighted by atomic mass is 35.5. The van der Waals surface area contributed by atoms with Crippen LogP contribution in [0, 0.1) is 11.3 Å². The fourth-order valence-electron chi connectivity index (χ4n) is 3.96. The van der Waals surface area contributed by atoms with Crippen molar-refractivity contribution in [3.05, 3.63) is 69.9 Å². The van der Waals surface area contributed by atoms with E-state index >= 15 is 0 Å². The molecule has 0 aliphatic heterocycles. The number of fused-ring (bicyclic) bond motifs is 1. The third-order valence-electron chi connectivity index (χ3n) is 5.40. The SMILES string of the molecule is COc1ccc(-c2c(C#N)c(N)nc3c2CCCC3)cc1COc1ccccc1Cl. The molecular weight excluding hydrogens is 398 g/mol. The number of para-hydroxylation sites is 1. The number of hydrogen-bond acceptors (Lipinski definition) is 5. The van der Waals surface area contributed by atoms with E-state index < -0.39 is 0 Å². The predicted octanol–water partition coefficient (Wildman–Crippen LogP) is 5.32. The summed E-state index contributed by atoms with van der Waals surface area (Å²) >= 11 is 6.21. The highest BCUT2D eigenvalue weighted by molar-refractivity contribution is 6.32. The van der Waals surface area contributed by atoms with Crippen LogP contribution in [-0.4, -0.2) is 12.1 Å². The lowest BCUT2D eigenvalue weighted by atomic mass is 9.86. The number of hydrogen-bond donors (Lipinski definition) is 1. The fourth-order valence-corrected chi connectivity index (χ4v) is 4.15. The van der Waals surface area contributed by atoms with Crippen molar-refractivity contribution in [2.45, 2.75) is 32.3 Å². The fraction of sp³-hybridized carbons (Fsp3) is 0.250. The second-order valence-corrected chi connectivity index (χ2v) is 7.64. The summed E-state index contributed by atoms with van der Waals surface area (Å²) < 4.78 is 11.5. The van der Waals surface area contributed by atoms with Crippen molar-refractivity contribution in [1.82, 2.24) is 4.98 Å². The van der Waals surface area contributed by atoms with Crippen molar-refractivity contribution in [2.24, 2.45) is 0 Å². The molecule has 2 aromatic carbocycles. The quantitative estimate of drug-likeness (QED) is 0.605. The summed E-state index contributed by atoms with van der Waals surface area (Å²) in [6, 6.07) is 15.5. The van der Waals surface area contributed by atoms with Gasteiger partial charge in [0.2, 0.25) is 0 Å². The molecule has 0 spiro atoms. The highest BCUT2D eigenvalue weighted by Gasteiger charge is 2.22. The number of aromatic nitrogens is 1. The lowest BCUT2D eigenvalue weighted by Crippen LogP contribution is -2.12. The molecule has 0 fully saturated rings. The third-order valence-corrected chi connectivity index (χ3v) is 5.71. The second-order valence-electron chi connectivity index (χ2n) is 7.24. The van der Waals surface area contributed by atoms with Crippen LogP contribution in [0.25, 0.3) is 11.1 Å². The van der Waals surface area contributed by atoms with E-state index in [0.29, 0.717) is 22.1 Å². The maximum atomic E-state index is 9.78. The molecular formula is C24H22ClN3O2. The van der Waals surface area contributed by atoms with Crippen molar-refractivity contribution in [3.63, 3.8) is 0 Å². The number of rotatable bonds is 5. The van der Waals surface area contributed by atoms with Gasteiger partial charge in [0.25, 0.3) is 0 Å². The van der Waals surface area contributed by atoms with Gasteiger partial charge in [-0.3, -0.25) is 0 Å². The van der Waals surface area contributed by atoms with Crippen molar-refractivity contribution >= 4 is 17.4 Å². The topological polar surface area (TPSA) is 81.2 Å². The molecule has 0 bridgehead atoms. The number of nitrogen functional groups attached to an aromatic ring is 1. The Morgan fingerprint density at radius 2 is 1.93 bits per heavy atom. The van der Waals surface area contributed by atoms with E-state index in [1.165, 1.54) is 0 Å². The molecule has 4 rings (SSSR count). The van der Waals surface area contributed by atoms with Gasteiger partial charge in [0.05, 0.1) is 12.1 Å². The third kappa shape index (κ3) is 3.79. The maximum Gasteiger partial charge on any atom is 0.142 e. The van der Waals surface area contributed by atoms with Gasteiger partial charge < -0.3 is 15.2 Å². The molecule has 1 aliphatic rings. The molecule has 0 saturated carbocycles. The Morgan fingerprint density at radius 1 is 1.13 bits per heavy atom. The molecule has 2 N–H and O–H groups in total. The van der Waals surface area contributed by atoms with Gasteiger partial charge in [0, 0.05) is 16.8 Å². The number of benzene rings is 2. The van der Waals surface area contributed by atoms with Gasteiger partial charge in [0.15, 0.2) is 0 Å². The number of aryl methyl sites for hydroxylation is 1. The molecule has 0 atom stereocenters. The minimum Gasteiger partial charge on any atom is -0.496 e. The van der Waals surface area contributed by atoms with Gasteiger partial charge in [-0.2, -0.15) is 5.26 Å². The summed E-state index contributed by atoms with van der Waals surface area (Å²) in [4.78, 5) is 4.50. The number of methoxy groups -OCH3 is 1. The van der Waals surface area contributed by atoms with Crippen LogP contribution in [0.4, 0.5) is 5.82 Å². The van der Waals surface area contributed by atoms with Crippen LogP contribution in [-0.2, 0) is 19.4 Å². The zero-order valence-corrected chi connectivity index (χ0v) is 17.5. The van der Waals surface area contributed by atoms with Crippen LogP contribution in [0.3, 0.4) is 0 Å². The van der Waals surface area contributed by atoms with Gasteiger partial charge in [-0.15, -0.1) is 0 Å². The predicted molar refractivity (Wildman–Crippen MR) is 118 cm³/mol. The Labute approximate surface area is 181 Å². The summed E-state index contributed by atoms with van der Waals surface area (Å²) in [5.41, 5.74) is 11.3. The molecule has 1 aromatic heterocycles. The molecule has 0 unspecified atom stereocenters. The molecule has 152 valence electrons. The first-order valence-corrected chi connectivity index (χ1v) is 10.3. The Morgan fingerprint density at radius 3 is 2.70 bits per heavy atom. The van der Waals surface area contributed by atoms with Gasteiger partial charge in [-0.1, -0.05) is 29.8 Å². The Kier molecular flexibility index (Phi) is 5.78. The minimum absolute atomic E-state index is 0.283. The van der Waals surface area contributed by atoms with Gasteiger partial charge in [-0.05, 0) is 61.1 Å². The first kappa shape index (κ1) is 20.1. The number of anilines is 1. The van der Waals surface area contributed by atoms with Crippen molar-refractivity contribution in [3.8, 4) is 28.7 Å². The van der Waals surface area contributed by atoms with Crippen molar-refractivity contribution in [1.29, 1.82) is 5.26 Å². The van der Waals surface area contributed by atoms with E-state index in [1.807, 2.05) is 36.4 Å². The van der Waals surface area contributed by atoms with E-state index in [2.05, 4.69) is 11.1 Å². The molecule has 0 saturated heterocycles. The molecule has 0 radical (unpaired) electrons. The van der Waals surface area contributed by atoms with E-state index in [4.69, 9.17) is 26.8 Å². The molecule has 3 aromatic rings.